The number of ether oxygens (including phenoxy) is 3. The highest BCUT2D eigenvalue weighted by Gasteiger charge is 2.14. The summed E-state index contributed by atoms with van der Waals surface area (Å²) in [7, 11) is 0. The summed E-state index contributed by atoms with van der Waals surface area (Å²) in [5.41, 5.74) is 0.999. The summed E-state index contributed by atoms with van der Waals surface area (Å²) >= 11 is 0. The van der Waals surface area contributed by atoms with E-state index in [0.29, 0.717) is 11.1 Å². The molecule has 5 heteroatoms. The van der Waals surface area contributed by atoms with E-state index in [4.69, 9.17) is 14.2 Å². The summed E-state index contributed by atoms with van der Waals surface area (Å²) in [4.78, 5) is 23.8. The predicted octanol–water partition coefficient (Wildman–Crippen LogP) is 3.49. The first-order valence-corrected chi connectivity index (χ1v) is 8.16. The molecule has 0 radical (unpaired) electrons. The Morgan fingerprint density at radius 3 is 1.84 bits per heavy atom. The van der Waals surface area contributed by atoms with Crippen LogP contribution < -0.4 is 0 Å². The zero-order chi connectivity index (χ0) is 18.1. The molecule has 0 bridgehead atoms. The molecule has 25 heavy (non-hydrogen) atoms. The lowest BCUT2D eigenvalue weighted by Crippen LogP contribution is -2.26. The number of carbonyl (C=O) groups excluding carboxylic acids is 2. The number of benzene rings is 2. The Labute approximate surface area is 147 Å². The van der Waals surface area contributed by atoms with Crippen molar-refractivity contribution in [1.82, 2.24) is 0 Å². The lowest BCUT2D eigenvalue weighted by Gasteiger charge is -2.17. The minimum Gasteiger partial charge on any atom is -0.459 e. The first-order chi connectivity index (χ1) is 12.1. The molecule has 0 heterocycles. The maximum absolute atomic E-state index is 11.9. The molecule has 0 saturated heterocycles. The second kappa shape index (κ2) is 9.59. The molecule has 0 aliphatic rings. The van der Waals surface area contributed by atoms with Crippen molar-refractivity contribution in [3.63, 3.8) is 0 Å². The molecular weight excluding hydrogens is 320 g/mol. The van der Waals surface area contributed by atoms with Crippen LogP contribution >= 0.6 is 0 Å². The Balaban J connectivity index is 1.68. The summed E-state index contributed by atoms with van der Waals surface area (Å²) < 4.78 is 16.1. The summed E-state index contributed by atoms with van der Waals surface area (Å²) in [5, 5.41) is 0. The van der Waals surface area contributed by atoms with Gasteiger partial charge in [0.15, 0.2) is 0 Å². The molecule has 2 aromatic rings. The van der Waals surface area contributed by atoms with Gasteiger partial charge in [0.1, 0.15) is 12.7 Å². The third-order valence-corrected chi connectivity index (χ3v) is 3.39. The summed E-state index contributed by atoms with van der Waals surface area (Å²) in [6, 6.07) is 17.6. The van der Waals surface area contributed by atoms with Crippen LogP contribution in [0.4, 0.5) is 0 Å². The fourth-order valence-corrected chi connectivity index (χ4v) is 2.06. The molecular formula is C20H22O5. The zero-order valence-corrected chi connectivity index (χ0v) is 14.4. The van der Waals surface area contributed by atoms with Crippen LogP contribution in [0, 0.1) is 0 Å². The van der Waals surface area contributed by atoms with Gasteiger partial charge in [-0.3, -0.25) is 0 Å². The minimum absolute atomic E-state index is 0.132. The van der Waals surface area contributed by atoms with Gasteiger partial charge in [-0.2, -0.15) is 0 Å². The van der Waals surface area contributed by atoms with Gasteiger partial charge in [0.25, 0.3) is 0 Å². The van der Waals surface area contributed by atoms with E-state index in [1.807, 2.05) is 12.1 Å². The van der Waals surface area contributed by atoms with Crippen LogP contribution in [0.15, 0.2) is 60.7 Å². The maximum Gasteiger partial charge on any atom is 0.338 e. The molecule has 0 aromatic heterocycles. The van der Waals surface area contributed by atoms with E-state index in [1.54, 1.807) is 62.4 Å². The van der Waals surface area contributed by atoms with Crippen molar-refractivity contribution >= 4 is 11.9 Å². The van der Waals surface area contributed by atoms with Crippen molar-refractivity contribution in [2.75, 3.05) is 13.2 Å². The van der Waals surface area contributed by atoms with Gasteiger partial charge in [-0.25, -0.2) is 9.59 Å². The van der Waals surface area contributed by atoms with Crippen LogP contribution in [-0.2, 0) is 14.2 Å². The van der Waals surface area contributed by atoms with Crippen LogP contribution in [0.2, 0.25) is 0 Å². The van der Waals surface area contributed by atoms with E-state index >= 15 is 0 Å². The van der Waals surface area contributed by atoms with Gasteiger partial charge in [-0.05, 0) is 38.1 Å². The highest BCUT2D eigenvalue weighted by molar-refractivity contribution is 5.89. The molecule has 0 fully saturated rings. The molecule has 2 aromatic carbocycles. The van der Waals surface area contributed by atoms with E-state index in [2.05, 4.69) is 0 Å². The molecule has 0 N–H and O–H groups in total. The lowest BCUT2D eigenvalue weighted by molar-refractivity contribution is -0.0379. The summed E-state index contributed by atoms with van der Waals surface area (Å²) in [6.07, 6.45) is -0.703. The predicted molar refractivity (Wildman–Crippen MR) is 93.5 cm³/mol. The molecule has 132 valence electrons. The number of rotatable bonds is 8. The van der Waals surface area contributed by atoms with Crippen LogP contribution in [0.1, 0.15) is 34.6 Å². The molecule has 0 aliphatic heterocycles. The zero-order valence-electron chi connectivity index (χ0n) is 14.4. The van der Waals surface area contributed by atoms with Gasteiger partial charge in [0.05, 0.1) is 23.8 Å². The molecule has 0 unspecified atom stereocenters. The molecule has 0 aliphatic carbocycles. The van der Waals surface area contributed by atoms with Crippen molar-refractivity contribution < 1.29 is 23.8 Å². The highest BCUT2D eigenvalue weighted by Crippen LogP contribution is 2.06. The van der Waals surface area contributed by atoms with E-state index in [1.165, 1.54) is 0 Å². The highest BCUT2D eigenvalue weighted by atomic mass is 16.6. The van der Waals surface area contributed by atoms with Crippen molar-refractivity contribution in [2.24, 2.45) is 0 Å². The number of esters is 2. The standard InChI is InChI=1S/C20H22O5/c1-15(13-24-19(21)17-9-5-3-6-10-17)23-14-16(2)25-20(22)18-11-7-4-8-12-18/h3-12,15-16H,13-14H2,1-2H3/t15-,16+/m1/s1. The Morgan fingerprint density at radius 2 is 1.28 bits per heavy atom. The van der Waals surface area contributed by atoms with Crippen molar-refractivity contribution in [1.29, 1.82) is 0 Å². The second-order valence-electron chi connectivity index (χ2n) is 5.69. The smallest absolute Gasteiger partial charge is 0.338 e. The lowest BCUT2D eigenvalue weighted by atomic mass is 10.2. The molecule has 0 amide bonds. The summed E-state index contributed by atoms with van der Waals surface area (Å²) in [6.45, 7) is 3.91. The first-order valence-electron chi connectivity index (χ1n) is 8.16. The van der Waals surface area contributed by atoms with Crippen LogP contribution in [-0.4, -0.2) is 37.4 Å². The van der Waals surface area contributed by atoms with Gasteiger partial charge >= 0.3 is 11.9 Å². The number of hydrogen-bond donors (Lipinski definition) is 0. The second-order valence-corrected chi connectivity index (χ2v) is 5.69. The van der Waals surface area contributed by atoms with Crippen molar-refractivity contribution in [3.05, 3.63) is 71.8 Å². The minimum atomic E-state index is -0.403. The topological polar surface area (TPSA) is 61.8 Å². The average Bonchev–Trinajstić information content (AvgIpc) is 2.65. The van der Waals surface area contributed by atoms with Crippen molar-refractivity contribution in [3.8, 4) is 0 Å². The third kappa shape index (κ3) is 6.39. The average molecular weight is 342 g/mol. The van der Waals surface area contributed by atoms with Crippen LogP contribution in [0.3, 0.4) is 0 Å². The fraction of sp³-hybridized carbons (Fsp3) is 0.300. The molecule has 2 rings (SSSR count). The largest absolute Gasteiger partial charge is 0.459 e. The van der Waals surface area contributed by atoms with Gasteiger partial charge in [-0.1, -0.05) is 36.4 Å². The Bertz CT molecular complexity index is 669. The Hall–Kier alpha value is -2.66. The van der Waals surface area contributed by atoms with Crippen LogP contribution in [0.25, 0.3) is 0 Å². The SMILES string of the molecule is C[C@H](COC(=O)c1ccccc1)OC[C@H](C)OC(=O)c1ccccc1. The monoisotopic (exact) mass is 342 g/mol. The Morgan fingerprint density at radius 1 is 0.760 bits per heavy atom. The van der Waals surface area contributed by atoms with E-state index in [0.717, 1.165) is 0 Å². The number of hydrogen-bond acceptors (Lipinski definition) is 5. The maximum atomic E-state index is 11.9. The molecule has 2 atom stereocenters. The quantitative estimate of drug-likeness (QED) is 0.687. The molecule has 0 saturated carbocycles. The number of carbonyl (C=O) groups is 2. The first kappa shape index (κ1) is 18.7. The normalized spacial score (nSPS) is 12.9. The van der Waals surface area contributed by atoms with Gasteiger partial charge in [0.2, 0.25) is 0 Å². The van der Waals surface area contributed by atoms with E-state index in [9.17, 15) is 9.59 Å². The third-order valence-electron chi connectivity index (χ3n) is 3.39. The van der Waals surface area contributed by atoms with Crippen LogP contribution in [0.5, 0.6) is 0 Å². The van der Waals surface area contributed by atoms with Gasteiger partial charge in [-0.15, -0.1) is 0 Å². The van der Waals surface area contributed by atoms with E-state index in [-0.39, 0.29) is 31.3 Å². The van der Waals surface area contributed by atoms with Crippen molar-refractivity contribution in [2.45, 2.75) is 26.1 Å². The van der Waals surface area contributed by atoms with Gasteiger partial charge < -0.3 is 14.2 Å². The van der Waals surface area contributed by atoms with Gasteiger partial charge in [0, 0.05) is 0 Å². The fourth-order valence-electron chi connectivity index (χ4n) is 2.06. The van der Waals surface area contributed by atoms with E-state index < -0.39 is 6.10 Å². The summed E-state index contributed by atoms with van der Waals surface area (Å²) in [5.74, 6) is -0.778. The Kier molecular flexibility index (Phi) is 7.16. The molecule has 0 spiro atoms. The molecule has 5 nitrogen and oxygen atoms in total.